The lowest BCUT2D eigenvalue weighted by Crippen LogP contribution is -2.16. The molecule has 1 aliphatic rings. The number of rotatable bonds is 5. The summed E-state index contributed by atoms with van der Waals surface area (Å²) in [5.41, 5.74) is 9.34. The zero-order valence-corrected chi connectivity index (χ0v) is 22.5. The van der Waals surface area contributed by atoms with Gasteiger partial charge in [-0.25, -0.2) is 0 Å². The van der Waals surface area contributed by atoms with Crippen LogP contribution in [-0.2, 0) is 5.41 Å². The van der Waals surface area contributed by atoms with Crippen LogP contribution in [0.1, 0.15) is 30.5 Å². The predicted octanol–water partition coefficient (Wildman–Crippen LogP) is 9.62. The first-order valence-electron chi connectivity index (χ1n) is 12.8. The van der Waals surface area contributed by atoms with E-state index in [0.717, 1.165) is 28.2 Å². The number of para-hydroxylation sites is 2. The molecule has 0 fully saturated rings. The largest absolute Gasteiger partial charge is 0.310 e. The van der Waals surface area contributed by atoms with Gasteiger partial charge >= 0.3 is 0 Å². The third kappa shape index (κ3) is 4.32. The van der Waals surface area contributed by atoms with E-state index in [9.17, 15) is 0 Å². The third-order valence-corrected chi connectivity index (χ3v) is 8.58. The fraction of sp³-hybridized carbons (Fsp3) is 0.0857. The van der Waals surface area contributed by atoms with Crippen LogP contribution in [0.15, 0.2) is 115 Å². The zero-order valence-electron chi connectivity index (χ0n) is 21.7. The fourth-order valence-corrected chi connectivity index (χ4v) is 6.69. The van der Waals surface area contributed by atoms with Gasteiger partial charge in [0.15, 0.2) is 0 Å². The molecular formula is C35H25N3S. The van der Waals surface area contributed by atoms with E-state index in [0.29, 0.717) is 0 Å². The molecule has 0 aliphatic heterocycles. The highest BCUT2D eigenvalue weighted by molar-refractivity contribution is 7.19. The fourth-order valence-electron chi connectivity index (χ4n) is 5.33. The molecule has 0 spiro atoms. The van der Waals surface area contributed by atoms with Crippen LogP contribution in [0.3, 0.4) is 0 Å². The molecule has 1 heterocycles. The minimum Gasteiger partial charge on any atom is -0.310 e. The Labute approximate surface area is 233 Å². The van der Waals surface area contributed by atoms with Crippen molar-refractivity contribution in [3.8, 4) is 33.0 Å². The molecule has 39 heavy (non-hydrogen) atoms. The molecule has 5 aromatic rings. The summed E-state index contributed by atoms with van der Waals surface area (Å²) in [5.74, 6) is 0. The van der Waals surface area contributed by atoms with Crippen LogP contribution in [0, 0.1) is 22.7 Å². The van der Waals surface area contributed by atoms with E-state index in [-0.39, 0.29) is 11.0 Å². The topological polar surface area (TPSA) is 50.8 Å². The van der Waals surface area contributed by atoms with Crippen LogP contribution in [-0.4, -0.2) is 0 Å². The van der Waals surface area contributed by atoms with Crippen LogP contribution in [0.4, 0.5) is 17.1 Å². The highest BCUT2D eigenvalue weighted by atomic mass is 32.1. The van der Waals surface area contributed by atoms with E-state index >= 15 is 0 Å². The van der Waals surface area contributed by atoms with Crippen LogP contribution >= 0.6 is 11.3 Å². The van der Waals surface area contributed by atoms with Crippen molar-refractivity contribution in [1.29, 1.82) is 10.5 Å². The van der Waals surface area contributed by atoms with E-state index in [4.69, 9.17) is 10.5 Å². The third-order valence-electron chi connectivity index (χ3n) is 7.36. The Hall–Kier alpha value is -4.90. The van der Waals surface area contributed by atoms with Gasteiger partial charge in [-0.1, -0.05) is 80.6 Å². The van der Waals surface area contributed by atoms with E-state index in [2.05, 4.69) is 104 Å². The molecule has 0 saturated carbocycles. The Morgan fingerprint density at radius 2 is 1.33 bits per heavy atom. The molecule has 3 nitrogen and oxygen atoms in total. The minimum absolute atomic E-state index is 0.105. The predicted molar refractivity (Wildman–Crippen MR) is 161 cm³/mol. The van der Waals surface area contributed by atoms with Crippen LogP contribution in [0.2, 0.25) is 0 Å². The standard InChI is InChI=1S/C35H25N3S/c1-35(2)31-20-29(38(27-9-5-3-6-10-27)28-11-7-4-8-12-28)17-18-30(31)34-32(35)21-33(39-34)26-15-13-24(14-16-26)19-25(22-36)23-37/h3-21H,1-2H3. The SMILES string of the molecule is CC1(C)c2cc(N(c3ccccc3)c3ccccc3)ccc2-c2sc(-c3ccc(C=C(C#N)C#N)cc3)cc21. The van der Waals surface area contributed by atoms with Gasteiger partial charge in [-0.05, 0) is 76.4 Å². The van der Waals surface area contributed by atoms with Crippen LogP contribution in [0.25, 0.3) is 27.0 Å². The summed E-state index contributed by atoms with van der Waals surface area (Å²) in [4.78, 5) is 4.85. The molecule has 0 atom stereocenters. The molecule has 0 radical (unpaired) electrons. The maximum atomic E-state index is 9.04. The van der Waals surface area contributed by atoms with Crippen LogP contribution < -0.4 is 4.90 Å². The van der Waals surface area contributed by atoms with Crippen molar-refractivity contribution in [3.63, 3.8) is 0 Å². The summed E-state index contributed by atoms with van der Waals surface area (Å²) in [6, 6.07) is 42.1. The molecule has 0 unspecified atom stereocenters. The molecule has 4 aromatic carbocycles. The van der Waals surface area contributed by atoms with Gasteiger partial charge in [0.25, 0.3) is 0 Å². The average molecular weight is 520 g/mol. The lowest BCUT2D eigenvalue weighted by Gasteiger charge is -2.28. The average Bonchev–Trinajstić information content (AvgIpc) is 3.51. The minimum atomic E-state index is -0.133. The lowest BCUT2D eigenvalue weighted by molar-refractivity contribution is 0.662. The Balaban J connectivity index is 1.39. The van der Waals surface area contributed by atoms with Crippen LogP contribution in [0.5, 0.6) is 0 Å². The summed E-state index contributed by atoms with van der Waals surface area (Å²) >= 11 is 1.82. The van der Waals surface area contributed by atoms with Crippen molar-refractivity contribution in [2.75, 3.05) is 4.90 Å². The number of thiophene rings is 1. The second kappa shape index (κ2) is 9.76. The molecular weight excluding hydrogens is 494 g/mol. The van der Waals surface area contributed by atoms with Gasteiger partial charge in [0, 0.05) is 32.2 Å². The quantitative estimate of drug-likeness (QED) is 0.217. The summed E-state index contributed by atoms with van der Waals surface area (Å²) in [7, 11) is 0. The monoisotopic (exact) mass is 519 g/mol. The first kappa shape index (κ1) is 24.4. The Morgan fingerprint density at radius 3 is 1.92 bits per heavy atom. The Bertz CT molecular complexity index is 1730. The first-order valence-corrected chi connectivity index (χ1v) is 13.6. The molecule has 186 valence electrons. The lowest BCUT2D eigenvalue weighted by atomic mass is 9.82. The highest BCUT2D eigenvalue weighted by Gasteiger charge is 2.38. The van der Waals surface area contributed by atoms with E-state index < -0.39 is 0 Å². The van der Waals surface area contributed by atoms with Gasteiger partial charge < -0.3 is 4.90 Å². The van der Waals surface area contributed by atoms with Gasteiger partial charge in [0.05, 0.1) is 0 Å². The number of fused-ring (bicyclic) bond motifs is 3. The molecule has 1 aliphatic carbocycles. The van der Waals surface area contributed by atoms with Gasteiger partial charge in [0.1, 0.15) is 17.7 Å². The highest BCUT2D eigenvalue weighted by Crippen LogP contribution is 2.55. The van der Waals surface area contributed by atoms with Gasteiger partial charge in [-0.15, -0.1) is 11.3 Å². The summed E-state index contributed by atoms with van der Waals surface area (Å²) in [6.45, 7) is 4.62. The van der Waals surface area contributed by atoms with Crippen molar-refractivity contribution >= 4 is 34.5 Å². The molecule has 0 N–H and O–H groups in total. The first-order chi connectivity index (χ1) is 19.0. The van der Waals surface area contributed by atoms with Gasteiger partial charge in [-0.3, -0.25) is 0 Å². The number of benzene rings is 4. The summed E-state index contributed by atoms with van der Waals surface area (Å²) in [5, 5.41) is 18.1. The summed E-state index contributed by atoms with van der Waals surface area (Å²) < 4.78 is 0. The number of hydrogen-bond acceptors (Lipinski definition) is 4. The van der Waals surface area contributed by atoms with E-state index in [1.54, 1.807) is 6.08 Å². The molecule has 4 heteroatoms. The number of allylic oxidation sites excluding steroid dienone is 1. The molecule has 0 bridgehead atoms. The molecule has 0 amide bonds. The maximum Gasteiger partial charge on any atom is 0.130 e. The van der Waals surface area contributed by atoms with E-state index in [1.165, 1.54) is 26.4 Å². The number of nitrogens with zero attached hydrogens (tertiary/aromatic N) is 3. The van der Waals surface area contributed by atoms with Crippen molar-refractivity contribution in [1.82, 2.24) is 0 Å². The van der Waals surface area contributed by atoms with Gasteiger partial charge in [0.2, 0.25) is 0 Å². The van der Waals surface area contributed by atoms with Crippen molar-refractivity contribution in [3.05, 3.63) is 131 Å². The molecule has 1 aromatic heterocycles. The number of anilines is 3. The maximum absolute atomic E-state index is 9.04. The van der Waals surface area contributed by atoms with Crippen molar-refractivity contribution < 1.29 is 0 Å². The molecule has 0 saturated heterocycles. The van der Waals surface area contributed by atoms with E-state index in [1.807, 2.05) is 47.7 Å². The Morgan fingerprint density at radius 1 is 0.718 bits per heavy atom. The van der Waals surface area contributed by atoms with Crippen molar-refractivity contribution in [2.24, 2.45) is 0 Å². The second-order valence-corrected chi connectivity index (χ2v) is 11.2. The zero-order chi connectivity index (χ0) is 27.0. The normalized spacial score (nSPS) is 12.5. The second-order valence-electron chi connectivity index (χ2n) is 10.1. The Kier molecular flexibility index (Phi) is 6.12. The smallest absolute Gasteiger partial charge is 0.130 e. The number of nitriles is 2. The van der Waals surface area contributed by atoms with Crippen molar-refractivity contribution in [2.45, 2.75) is 19.3 Å². The number of hydrogen-bond donors (Lipinski definition) is 0. The van der Waals surface area contributed by atoms with Gasteiger partial charge in [-0.2, -0.15) is 10.5 Å². The molecule has 6 rings (SSSR count). The summed E-state index contributed by atoms with van der Waals surface area (Å²) in [6.07, 6.45) is 1.61.